The summed E-state index contributed by atoms with van der Waals surface area (Å²) >= 11 is 0. The number of hydrogen-bond donors (Lipinski definition) is 0. The molecule has 0 aromatic heterocycles. The van der Waals surface area contributed by atoms with Gasteiger partial charge in [-0.05, 0) is 47.5 Å². The first-order valence-corrected chi connectivity index (χ1v) is 7.21. The zero-order valence-electron chi connectivity index (χ0n) is 13.6. The van der Waals surface area contributed by atoms with Crippen LogP contribution in [-0.4, -0.2) is 82.2 Å². The molecule has 0 aromatic rings. The van der Waals surface area contributed by atoms with E-state index in [0.29, 0.717) is 6.04 Å². The first-order valence-electron chi connectivity index (χ1n) is 7.21. The molecular weight excluding hydrogens is 222 g/mol. The fraction of sp³-hybridized carbons (Fsp3) is 0.933. The molecule has 0 heterocycles. The van der Waals surface area contributed by atoms with Crippen molar-refractivity contribution in [2.24, 2.45) is 0 Å². The van der Waals surface area contributed by atoms with Crippen molar-refractivity contribution in [1.82, 2.24) is 9.80 Å². The Labute approximate surface area is 115 Å². The van der Waals surface area contributed by atoms with Crippen LogP contribution in [-0.2, 0) is 0 Å². The second-order valence-corrected chi connectivity index (χ2v) is 6.59. The van der Waals surface area contributed by atoms with Gasteiger partial charge in [-0.2, -0.15) is 0 Å². The summed E-state index contributed by atoms with van der Waals surface area (Å²) in [5, 5.41) is 0. The van der Waals surface area contributed by atoms with Gasteiger partial charge in [0.2, 0.25) is 0 Å². The molecule has 1 atom stereocenters. The van der Waals surface area contributed by atoms with Crippen LogP contribution in [0.1, 0.15) is 25.7 Å². The third-order valence-electron chi connectivity index (χ3n) is 3.73. The average Bonchev–Trinajstić information content (AvgIpc) is 2.22. The van der Waals surface area contributed by atoms with Gasteiger partial charge in [0.25, 0.3) is 0 Å². The number of quaternary nitrogens is 1. The fourth-order valence-corrected chi connectivity index (χ4v) is 2.34. The van der Waals surface area contributed by atoms with Gasteiger partial charge in [-0.1, -0.05) is 6.92 Å². The third-order valence-corrected chi connectivity index (χ3v) is 3.73. The Morgan fingerprint density at radius 3 is 2.00 bits per heavy atom. The average molecular weight is 257 g/mol. The second-order valence-electron chi connectivity index (χ2n) is 6.59. The molecule has 0 N–H and O–H groups in total. The van der Waals surface area contributed by atoms with E-state index in [1.165, 1.54) is 38.9 Å². The topological polar surface area (TPSA) is 6.48 Å². The van der Waals surface area contributed by atoms with E-state index in [0.717, 1.165) is 10.9 Å². The van der Waals surface area contributed by atoms with Gasteiger partial charge in [-0.25, -0.2) is 0 Å². The normalized spacial score (nSPS) is 14.5. The van der Waals surface area contributed by atoms with Crippen molar-refractivity contribution in [2.75, 3.05) is 61.9 Å². The predicted molar refractivity (Wildman–Crippen MR) is 81.7 cm³/mol. The summed E-state index contributed by atoms with van der Waals surface area (Å²) < 4.78 is 1.14. The SMILES string of the molecule is [CH2]CC(CCC[N+](C)(C)CCCN(C)C)N(C)C. The molecule has 0 rings (SSSR count). The highest BCUT2D eigenvalue weighted by atomic mass is 15.3. The molecule has 0 saturated heterocycles. The molecule has 0 amide bonds. The van der Waals surface area contributed by atoms with E-state index in [4.69, 9.17) is 0 Å². The van der Waals surface area contributed by atoms with Gasteiger partial charge in [0.05, 0.1) is 27.2 Å². The van der Waals surface area contributed by atoms with Crippen LogP contribution >= 0.6 is 0 Å². The van der Waals surface area contributed by atoms with Crippen molar-refractivity contribution < 1.29 is 4.48 Å². The van der Waals surface area contributed by atoms with Crippen LogP contribution in [0.25, 0.3) is 0 Å². The maximum absolute atomic E-state index is 4.04. The van der Waals surface area contributed by atoms with E-state index in [9.17, 15) is 0 Å². The molecule has 109 valence electrons. The van der Waals surface area contributed by atoms with Crippen molar-refractivity contribution >= 4 is 0 Å². The number of hydrogen-bond acceptors (Lipinski definition) is 2. The Bertz CT molecular complexity index is 200. The van der Waals surface area contributed by atoms with Gasteiger partial charge in [-0.15, -0.1) is 0 Å². The fourth-order valence-electron chi connectivity index (χ4n) is 2.34. The van der Waals surface area contributed by atoms with E-state index in [1.807, 2.05) is 0 Å². The summed E-state index contributed by atoms with van der Waals surface area (Å²) in [5.74, 6) is 0. The van der Waals surface area contributed by atoms with Crippen LogP contribution in [0.2, 0.25) is 0 Å². The first kappa shape index (κ1) is 17.9. The molecule has 0 saturated carbocycles. The summed E-state index contributed by atoms with van der Waals surface area (Å²) in [4.78, 5) is 4.57. The smallest absolute Gasteiger partial charge is 0.0794 e. The molecule has 0 bridgehead atoms. The molecule has 0 aromatic carbocycles. The molecule has 0 aliphatic rings. The summed E-state index contributed by atoms with van der Waals surface area (Å²) in [7, 11) is 13.3. The highest BCUT2D eigenvalue weighted by Gasteiger charge is 2.16. The largest absolute Gasteiger partial charge is 0.328 e. The van der Waals surface area contributed by atoms with E-state index in [2.05, 4.69) is 59.0 Å². The number of rotatable bonds is 10. The molecule has 0 fully saturated rings. The van der Waals surface area contributed by atoms with Crippen molar-refractivity contribution in [3.8, 4) is 0 Å². The Hall–Kier alpha value is -0.120. The van der Waals surface area contributed by atoms with Crippen molar-refractivity contribution in [1.29, 1.82) is 0 Å². The lowest BCUT2D eigenvalue weighted by atomic mass is 10.1. The summed E-state index contributed by atoms with van der Waals surface area (Å²) in [6, 6.07) is 0.645. The lowest BCUT2D eigenvalue weighted by molar-refractivity contribution is -0.890. The van der Waals surface area contributed by atoms with Gasteiger partial charge in [0, 0.05) is 19.0 Å². The van der Waals surface area contributed by atoms with Gasteiger partial charge in [-0.3, -0.25) is 0 Å². The van der Waals surface area contributed by atoms with Crippen LogP contribution in [0.4, 0.5) is 0 Å². The molecular formula is C15H35N3+. The zero-order chi connectivity index (χ0) is 14.2. The predicted octanol–water partition coefficient (Wildman–Crippen LogP) is 1.95. The standard InChI is InChI=1S/C15H35N3/c1-8-15(17(4)5)11-9-13-18(6,7)14-10-12-16(2)3/h15H,1,8-14H2,2-7H3/q+1. The summed E-state index contributed by atoms with van der Waals surface area (Å²) in [6.45, 7) is 7.78. The van der Waals surface area contributed by atoms with Crippen LogP contribution in [0.5, 0.6) is 0 Å². The summed E-state index contributed by atoms with van der Waals surface area (Å²) in [6.07, 6.45) is 4.87. The lowest BCUT2D eigenvalue weighted by Gasteiger charge is -2.31. The monoisotopic (exact) mass is 257 g/mol. The van der Waals surface area contributed by atoms with Crippen molar-refractivity contribution in [3.05, 3.63) is 6.92 Å². The minimum atomic E-state index is 0.645. The second kappa shape index (κ2) is 8.89. The van der Waals surface area contributed by atoms with Crippen LogP contribution in [0.15, 0.2) is 0 Å². The van der Waals surface area contributed by atoms with Gasteiger partial charge >= 0.3 is 0 Å². The molecule has 0 aliphatic heterocycles. The zero-order valence-corrected chi connectivity index (χ0v) is 13.6. The molecule has 0 spiro atoms. The lowest BCUT2D eigenvalue weighted by Crippen LogP contribution is -2.42. The Kier molecular flexibility index (Phi) is 8.83. The third kappa shape index (κ3) is 8.90. The Morgan fingerprint density at radius 2 is 1.56 bits per heavy atom. The van der Waals surface area contributed by atoms with Crippen molar-refractivity contribution in [2.45, 2.75) is 31.7 Å². The quantitative estimate of drug-likeness (QED) is 0.552. The van der Waals surface area contributed by atoms with Gasteiger partial charge in [0.1, 0.15) is 0 Å². The molecule has 3 nitrogen and oxygen atoms in total. The van der Waals surface area contributed by atoms with Gasteiger partial charge in [0.15, 0.2) is 0 Å². The number of nitrogens with zero attached hydrogens (tertiary/aromatic N) is 3. The molecule has 0 aliphatic carbocycles. The van der Waals surface area contributed by atoms with Crippen LogP contribution in [0.3, 0.4) is 0 Å². The maximum Gasteiger partial charge on any atom is 0.0794 e. The first-order chi connectivity index (χ1) is 8.28. The van der Waals surface area contributed by atoms with Gasteiger partial charge < -0.3 is 14.3 Å². The molecule has 1 radical (unpaired) electrons. The van der Waals surface area contributed by atoms with Crippen molar-refractivity contribution in [3.63, 3.8) is 0 Å². The van der Waals surface area contributed by atoms with E-state index in [1.54, 1.807) is 0 Å². The molecule has 3 heteroatoms. The minimum absolute atomic E-state index is 0.645. The van der Waals surface area contributed by atoms with Crippen LogP contribution in [0, 0.1) is 6.92 Å². The maximum atomic E-state index is 4.04. The van der Waals surface area contributed by atoms with E-state index < -0.39 is 0 Å². The minimum Gasteiger partial charge on any atom is -0.328 e. The van der Waals surface area contributed by atoms with Crippen LogP contribution < -0.4 is 0 Å². The molecule has 1 unspecified atom stereocenters. The van der Waals surface area contributed by atoms with E-state index >= 15 is 0 Å². The molecule has 18 heavy (non-hydrogen) atoms. The highest BCUT2D eigenvalue weighted by Crippen LogP contribution is 2.10. The van der Waals surface area contributed by atoms with E-state index in [-0.39, 0.29) is 0 Å². The summed E-state index contributed by atoms with van der Waals surface area (Å²) in [5.41, 5.74) is 0. The Morgan fingerprint density at radius 1 is 1.00 bits per heavy atom. The highest BCUT2D eigenvalue weighted by molar-refractivity contribution is 4.67. The Balaban J connectivity index is 3.81.